The lowest BCUT2D eigenvalue weighted by Crippen LogP contribution is -2.42. The molecule has 2 aliphatic heterocycles. The van der Waals surface area contributed by atoms with E-state index in [1.807, 2.05) is 6.92 Å². The summed E-state index contributed by atoms with van der Waals surface area (Å²) in [6, 6.07) is 0. The normalized spacial score (nSPS) is 36.5. The van der Waals surface area contributed by atoms with Crippen LogP contribution in [0, 0.1) is 5.41 Å². The van der Waals surface area contributed by atoms with Crippen molar-refractivity contribution in [2.75, 3.05) is 52.9 Å². The van der Waals surface area contributed by atoms with Crippen molar-refractivity contribution in [3.8, 4) is 0 Å². The lowest BCUT2D eigenvalue weighted by Gasteiger charge is -2.36. The molecule has 2 saturated heterocycles. The molecule has 6 heteroatoms. The van der Waals surface area contributed by atoms with Crippen molar-refractivity contribution in [3.63, 3.8) is 0 Å². The molecule has 0 saturated carbocycles. The molecule has 2 unspecified atom stereocenters. The van der Waals surface area contributed by atoms with Gasteiger partial charge in [-0.3, -0.25) is 0 Å². The first kappa shape index (κ1) is 18.1. The molecular formula is C16H30O6. The van der Waals surface area contributed by atoms with Crippen LogP contribution in [0.3, 0.4) is 0 Å². The van der Waals surface area contributed by atoms with Crippen molar-refractivity contribution >= 4 is 0 Å². The third kappa shape index (κ3) is 4.88. The van der Waals surface area contributed by atoms with E-state index in [2.05, 4.69) is 20.8 Å². The molecule has 0 N–H and O–H groups in total. The number of hydrogen-bond acceptors (Lipinski definition) is 6. The van der Waals surface area contributed by atoms with Crippen LogP contribution >= 0.6 is 0 Å². The van der Waals surface area contributed by atoms with Crippen molar-refractivity contribution in [3.05, 3.63) is 0 Å². The van der Waals surface area contributed by atoms with E-state index < -0.39 is 5.79 Å². The third-order valence-electron chi connectivity index (χ3n) is 4.21. The van der Waals surface area contributed by atoms with Crippen LogP contribution in [0.25, 0.3) is 0 Å². The van der Waals surface area contributed by atoms with Gasteiger partial charge in [0.05, 0.1) is 52.9 Å². The van der Waals surface area contributed by atoms with Gasteiger partial charge in [0.25, 0.3) is 0 Å². The fourth-order valence-electron chi connectivity index (χ4n) is 2.35. The van der Waals surface area contributed by atoms with Crippen LogP contribution in [0.1, 0.15) is 27.7 Å². The molecule has 2 atom stereocenters. The SMILES string of the molecule is CC(C)(C)C1(C)OC2COCCOCCOCCOCC2O1. The maximum atomic E-state index is 6.18. The predicted molar refractivity (Wildman–Crippen MR) is 80.9 cm³/mol. The Hall–Kier alpha value is -0.240. The van der Waals surface area contributed by atoms with Crippen LogP contribution < -0.4 is 0 Å². The zero-order chi connectivity index (χ0) is 16.1. The molecule has 0 bridgehead atoms. The predicted octanol–water partition coefficient (Wildman–Crippen LogP) is 1.61. The smallest absolute Gasteiger partial charge is 0.171 e. The Morgan fingerprint density at radius 1 is 0.682 bits per heavy atom. The minimum atomic E-state index is -0.643. The van der Waals surface area contributed by atoms with Gasteiger partial charge in [0.15, 0.2) is 5.79 Å². The molecule has 0 radical (unpaired) electrons. The summed E-state index contributed by atoms with van der Waals surface area (Å²) in [5.74, 6) is -0.643. The summed E-state index contributed by atoms with van der Waals surface area (Å²) in [6.07, 6.45) is -0.263. The Morgan fingerprint density at radius 3 is 1.41 bits per heavy atom. The number of rotatable bonds is 0. The molecule has 2 rings (SSSR count). The Morgan fingerprint density at radius 2 is 1.05 bits per heavy atom. The van der Waals surface area contributed by atoms with Gasteiger partial charge in [0.1, 0.15) is 12.2 Å². The number of fused-ring (bicyclic) bond motifs is 1. The van der Waals surface area contributed by atoms with E-state index in [4.69, 9.17) is 28.4 Å². The van der Waals surface area contributed by atoms with Gasteiger partial charge in [-0.2, -0.15) is 0 Å². The van der Waals surface area contributed by atoms with E-state index in [0.717, 1.165) is 0 Å². The second-order valence-electron chi connectivity index (χ2n) is 6.88. The van der Waals surface area contributed by atoms with E-state index >= 15 is 0 Å². The molecular weight excluding hydrogens is 288 g/mol. The molecule has 0 amide bonds. The maximum absolute atomic E-state index is 6.18. The Bertz CT molecular complexity index is 305. The van der Waals surface area contributed by atoms with E-state index in [1.54, 1.807) is 0 Å². The van der Waals surface area contributed by atoms with Gasteiger partial charge in [-0.1, -0.05) is 20.8 Å². The topological polar surface area (TPSA) is 55.4 Å². The van der Waals surface area contributed by atoms with Crippen molar-refractivity contribution in [1.29, 1.82) is 0 Å². The lowest BCUT2D eigenvalue weighted by molar-refractivity contribution is -0.228. The Kier molecular flexibility index (Phi) is 6.61. The van der Waals surface area contributed by atoms with Gasteiger partial charge in [-0.15, -0.1) is 0 Å². The quantitative estimate of drug-likeness (QED) is 0.676. The van der Waals surface area contributed by atoms with Crippen molar-refractivity contribution in [2.24, 2.45) is 5.41 Å². The van der Waals surface area contributed by atoms with Crippen LogP contribution in [-0.4, -0.2) is 70.9 Å². The van der Waals surface area contributed by atoms with Crippen LogP contribution in [0.5, 0.6) is 0 Å². The molecule has 0 spiro atoms. The Labute approximate surface area is 133 Å². The highest BCUT2D eigenvalue weighted by Crippen LogP contribution is 2.42. The van der Waals surface area contributed by atoms with Gasteiger partial charge in [0.2, 0.25) is 0 Å². The summed E-state index contributed by atoms with van der Waals surface area (Å²) >= 11 is 0. The standard InChI is InChI=1S/C16H30O6/c1-15(2,3)16(4)21-13-11-19-9-7-17-5-6-18-8-10-20-12-14(13)22-16/h13-14H,5-12H2,1-4H3. The molecule has 2 fully saturated rings. The molecule has 6 nitrogen and oxygen atoms in total. The van der Waals surface area contributed by atoms with Crippen molar-refractivity contribution < 1.29 is 28.4 Å². The van der Waals surface area contributed by atoms with Crippen LogP contribution in [0.4, 0.5) is 0 Å². The highest BCUT2D eigenvalue weighted by molar-refractivity contribution is 4.90. The van der Waals surface area contributed by atoms with Gasteiger partial charge < -0.3 is 28.4 Å². The molecule has 0 aliphatic carbocycles. The second kappa shape index (κ2) is 8.04. The molecule has 0 aromatic heterocycles. The minimum absolute atomic E-state index is 0.130. The highest BCUT2D eigenvalue weighted by atomic mass is 16.8. The van der Waals surface area contributed by atoms with E-state index in [-0.39, 0.29) is 17.6 Å². The first-order chi connectivity index (χ1) is 10.4. The average molecular weight is 318 g/mol. The maximum Gasteiger partial charge on any atom is 0.171 e. The van der Waals surface area contributed by atoms with E-state index in [1.165, 1.54) is 0 Å². The fraction of sp³-hybridized carbons (Fsp3) is 1.00. The summed E-state index contributed by atoms with van der Waals surface area (Å²) in [5, 5.41) is 0. The monoisotopic (exact) mass is 318 g/mol. The highest BCUT2D eigenvalue weighted by Gasteiger charge is 2.51. The summed E-state index contributed by atoms with van der Waals surface area (Å²) in [6.45, 7) is 12.7. The number of ether oxygens (including phenoxy) is 6. The van der Waals surface area contributed by atoms with Crippen molar-refractivity contribution in [1.82, 2.24) is 0 Å². The Balaban J connectivity index is 1.94. The first-order valence-corrected chi connectivity index (χ1v) is 8.09. The van der Waals surface area contributed by atoms with Crippen LogP contribution in [-0.2, 0) is 28.4 Å². The molecule has 0 aromatic carbocycles. The van der Waals surface area contributed by atoms with Gasteiger partial charge in [0, 0.05) is 5.41 Å². The summed E-state index contributed by atoms with van der Waals surface area (Å²) in [5.41, 5.74) is -0.130. The minimum Gasteiger partial charge on any atom is -0.377 e. The zero-order valence-corrected chi connectivity index (χ0v) is 14.3. The molecule has 130 valence electrons. The molecule has 0 aromatic rings. The van der Waals surface area contributed by atoms with Gasteiger partial charge >= 0.3 is 0 Å². The molecule has 2 aliphatic rings. The van der Waals surface area contributed by atoms with E-state index in [9.17, 15) is 0 Å². The average Bonchev–Trinajstić information content (AvgIpc) is 2.77. The molecule has 22 heavy (non-hydrogen) atoms. The first-order valence-electron chi connectivity index (χ1n) is 8.09. The zero-order valence-electron chi connectivity index (χ0n) is 14.3. The summed E-state index contributed by atoms with van der Waals surface area (Å²) in [4.78, 5) is 0. The third-order valence-corrected chi connectivity index (χ3v) is 4.21. The van der Waals surface area contributed by atoms with Gasteiger partial charge in [-0.25, -0.2) is 0 Å². The van der Waals surface area contributed by atoms with Crippen LogP contribution in [0.15, 0.2) is 0 Å². The lowest BCUT2D eigenvalue weighted by atomic mass is 9.87. The fourth-order valence-corrected chi connectivity index (χ4v) is 2.35. The molecule has 2 heterocycles. The number of hydrogen-bond donors (Lipinski definition) is 0. The second-order valence-corrected chi connectivity index (χ2v) is 6.88. The van der Waals surface area contributed by atoms with Crippen LogP contribution in [0.2, 0.25) is 0 Å². The van der Waals surface area contributed by atoms with E-state index in [0.29, 0.717) is 52.9 Å². The summed E-state index contributed by atoms with van der Waals surface area (Å²) < 4.78 is 34.5. The largest absolute Gasteiger partial charge is 0.377 e. The summed E-state index contributed by atoms with van der Waals surface area (Å²) in [7, 11) is 0. The van der Waals surface area contributed by atoms with Crippen molar-refractivity contribution in [2.45, 2.75) is 45.7 Å². The van der Waals surface area contributed by atoms with Gasteiger partial charge in [-0.05, 0) is 6.92 Å².